The molecule has 1 saturated heterocycles. The third-order valence-electron chi connectivity index (χ3n) is 2.83. The Kier molecular flexibility index (Phi) is 2.86. The van der Waals surface area contributed by atoms with Crippen LogP contribution < -0.4 is 0 Å². The van der Waals surface area contributed by atoms with Crippen LogP contribution >= 0.6 is 0 Å². The topological polar surface area (TPSA) is 44.1 Å². The lowest BCUT2D eigenvalue weighted by Gasteiger charge is -2.11. The summed E-state index contributed by atoms with van der Waals surface area (Å²) >= 11 is 0. The summed E-state index contributed by atoms with van der Waals surface area (Å²) in [5.41, 5.74) is 0.824. The summed E-state index contributed by atoms with van der Waals surface area (Å²) in [4.78, 5) is 11.9. The lowest BCUT2D eigenvalue weighted by molar-refractivity contribution is -0.128. The number of ether oxygens (including phenoxy) is 1. The molecule has 0 aliphatic carbocycles. The highest BCUT2D eigenvalue weighted by molar-refractivity contribution is 5.85. The zero-order valence-electron chi connectivity index (χ0n) is 9.14. The maximum absolute atomic E-state index is 11.9. The summed E-state index contributed by atoms with van der Waals surface area (Å²) in [6.45, 7) is 2.77. The predicted molar refractivity (Wildman–Crippen MR) is 55.4 cm³/mol. The summed E-state index contributed by atoms with van der Waals surface area (Å²) in [6, 6.07) is 1.87. The van der Waals surface area contributed by atoms with Gasteiger partial charge < -0.3 is 4.74 Å². The van der Waals surface area contributed by atoms with Crippen LogP contribution in [0.1, 0.15) is 19.0 Å². The largest absolute Gasteiger partial charge is 0.370 e. The van der Waals surface area contributed by atoms with E-state index in [4.69, 9.17) is 4.74 Å². The van der Waals surface area contributed by atoms with Gasteiger partial charge in [0.25, 0.3) is 0 Å². The molecule has 1 aromatic rings. The number of ketones is 1. The summed E-state index contributed by atoms with van der Waals surface area (Å²) in [7, 11) is 1.85. The molecule has 0 aromatic carbocycles. The van der Waals surface area contributed by atoms with Gasteiger partial charge in [-0.3, -0.25) is 9.48 Å². The van der Waals surface area contributed by atoms with E-state index >= 15 is 0 Å². The molecule has 2 heterocycles. The van der Waals surface area contributed by atoms with Crippen molar-refractivity contribution in [1.82, 2.24) is 9.78 Å². The molecule has 1 aliphatic heterocycles. The van der Waals surface area contributed by atoms with Gasteiger partial charge >= 0.3 is 0 Å². The van der Waals surface area contributed by atoms with E-state index in [1.54, 1.807) is 4.68 Å². The van der Waals surface area contributed by atoms with Crippen molar-refractivity contribution in [2.75, 3.05) is 6.61 Å². The summed E-state index contributed by atoms with van der Waals surface area (Å²) in [5.74, 6) is 0.500. The highest BCUT2D eigenvalue weighted by Crippen LogP contribution is 2.21. The van der Waals surface area contributed by atoms with Gasteiger partial charge in [-0.1, -0.05) is 6.92 Å². The Bertz CT molecular complexity index is 359. The lowest BCUT2D eigenvalue weighted by atomic mass is 9.98. The first-order chi connectivity index (χ1) is 7.16. The van der Waals surface area contributed by atoms with E-state index in [1.807, 2.05) is 19.3 Å². The number of Topliss-reactive ketones (excluding diaryl/α,β-unsaturated/α-hetero) is 1. The third kappa shape index (κ3) is 2.26. The molecule has 82 valence electrons. The smallest absolute Gasteiger partial charge is 0.167 e. The molecule has 0 bridgehead atoms. The maximum atomic E-state index is 11.9. The van der Waals surface area contributed by atoms with Gasteiger partial charge in [-0.25, -0.2) is 0 Å². The van der Waals surface area contributed by atoms with Crippen molar-refractivity contribution >= 4 is 5.78 Å². The molecule has 0 amide bonds. The fourth-order valence-corrected chi connectivity index (χ4v) is 1.94. The van der Waals surface area contributed by atoms with E-state index in [0.717, 1.165) is 12.1 Å². The van der Waals surface area contributed by atoms with Gasteiger partial charge in [0.05, 0.1) is 12.1 Å². The molecule has 15 heavy (non-hydrogen) atoms. The highest BCUT2D eigenvalue weighted by Gasteiger charge is 2.30. The number of aryl methyl sites for hydroxylation is 1. The average Bonchev–Trinajstić information content (AvgIpc) is 2.75. The molecule has 0 spiro atoms. The van der Waals surface area contributed by atoms with E-state index in [9.17, 15) is 4.79 Å². The molecule has 2 rings (SSSR count). The van der Waals surface area contributed by atoms with Crippen LogP contribution in [0.2, 0.25) is 0 Å². The molecular weight excluding hydrogens is 192 g/mol. The number of hydrogen-bond acceptors (Lipinski definition) is 3. The van der Waals surface area contributed by atoms with Crippen LogP contribution in [0.4, 0.5) is 0 Å². The van der Waals surface area contributed by atoms with Crippen LogP contribution in [-0.2, 0) is 23.0 Å². The summed E-state index contributed by atoms with van der Waals surface area (Å²) in [6.07, 6.45) is 3.00. The number of rotatable bonds is 3. The molecular formula is C11H16N2O2. The van der Waals surface area contributed by atoms with E-state index in [0.29, 0.717) is 18.9 Å². The van der Waals surface area contributed by atoms with Crippen LogP contribution in [-0.4, -0.2) is 28.3 Å². The van der Waals surface area contributed by atoms with Crippen molar-refractivity contribution in [3.8, 4) is 0 Å². The van der Waals surface area contributed by atoms with Gasteiger partial charge in [-0.05, 0) is 18.4 Å². The SMILES string of the molecule is CC1CCOC1C(=O)Cc1ccn(C)n1. The van der Waals surface area contributed by atoms with Gasteiger partial charge in [0, 0.05) is 19.9 Å². The Morgan fingerprint density at radius 2 is 2.53 bits per heavy atom. The van der Waals surface area contributed by atoms with E-state index in [1.165, 1.54) is 0 Å². The molecule has 0 saturated carbocycles. The number of aromatic nitrogens is 2. The van der Waals surface area contributed by atoms with E-state index in [-0.39, 0.29) is 11.9 Å². The quantitative estimate of drug-likeness (QED) is 0.743. The zero-order valence-corrected chi connectivity index (χ0v) is 9.14. The van der Waals surface area contributed by atoms with Crippen LogP contribution in [0.3, 0.4) is 0 Å². The Balaban J connectivity index is 1.97. The first-order valence-corrected chi connectivity index (χ1v) is 5.29. The van der Waals surface area contributed by atoms with Crippen LogP contribution in [0.15, 0.2) is 12.3 Å². The Morgan fingerprint density at radius 3 is 3.07 bits per heavy atom. The van der Waals surface area contributed by atoms with Gasteiger partial charge in [-0.15, -0.1) is 0 Å². The minimum absolute atomic E-state index is 0.152. The molecule has 1 aromatic heterocycles. The number of hydrogen-bond donors (Lipinski definition) is 0. The number of carbonyl (C=O) groups excluding carboxylic acids is 1. The molecule has 2 atom stereocenters. The molecule has 0 radical (unpaired) electrons. The second-order valence-electron chi connectivity index (χ2n) is 4.18. The molecule has 4 heteroatoms. The number of carbonyl (C=O) groups is 1. The first-order valence-electron chi connectivity index (χ1n) is 5.29. The minimum atomic E-state index is -0.216. The summed E-state index contributed by atoms with van der Waals surface area (Å²) < 4.78 is 7.13. The van der Waals surface area contributed by atoms with Crippen LogP contribution in [0.5, 0.6) is 0 Å². The molecule has 1 fully saturated rings. The van der Waals surface area contributed by atoms with Gasteiger partial charge in [0.15, 0.2) is 5.78 Å². The van der Waals surface area contributed by atoms with Crippen molar-refractivity contribution < 1.29 is 9.53 Å². The Morgan fingerprint density at radius 1 is 1.73 bits per heavy atom. The molecule has 4 nitrogen and oxygen atoms in total. The fraction of sp³-hybridized carbons (Fsp3) is 0.636. The van der Waals surface area contributed by atoms with Gasteiger partial charge in [0.2, 0.25) is 0 Å². The zero-order chi connectivity index (χ0) is 10.8. The Hall–Kier alpha value is -1.16. The van der Waals surface area contributed by atoms with Crippen molar-refractivity contribution in [2.45, 2.75) is 25.9 Å². The van der Waals surface area contributed by atoms with E-state index < -0.39 is 0 Å². The minimum Gasteiger partial charge on any atom is -0.370 e. The van der Waals surface area contributed by atoms with Crippen molar-refractivity contribution in [3.63, 3.8) is 0 Å². The number of nitrogens with zero attached hydrogens (tertiary/aromatic N) is 2. The lowest BCUT2D eigenvalue weighted by Crippen LogP contribution is -2.26. The Labute approximate surface area is 89.2 Å². The normalized spacial score (nSPS) is 25.7. The third-order valence-corrected chi connectivity index (χ3v) is 2.83. The van der Waals surface area contributed by atoms with E-state index in [2.05, 4.69) is 12.0 Å². The second-order valence-corrected chi connectivity index (χ2v) is 4.18. The highest BCUT2D eigenvalue weighted by atomic mass is 16.5. The van der Waals surface area contributed by atoms with Crippen LogP contribution in [0.25, 0.3) is 0 Å². The summed E-state index contributed by atoms with van der Waals surface area (Å²) in [5, 5.41) is 4.19. The average molecular weight is 208 g/mol. The standard InChI is InChI=1S/C11H16N2O2/c1-8-4-6-15-11(8)10(14)7-9-3-5-13(2)12-9/h3,5,8,11H,4,6-7H2,1-2H3. The second kappa shape index (κ2) is 4.14. The van der Waals surface area contributed by atoms with Crippen LogP contribution in [0, 0.1) is 5.92 Å². The van der Waals surface area contributed by atoms with Gasteiger partial charge in [0.1, 0.15) is 6.10 Å². The maximum Gasteiger partial charge on any atom is 0.167 e. The van der Waals surface area contributed by atoms with Crippen molar-refractivity contribution in [3.05, 3.63) is 18.0 Å². The van der Waals surface area contributed by atoms with Crippen molar-refractivity contribution in [2.24, 2.45) is 13.0 Å². The molecule has 1 aliphatic rings. The molecule has 0 N–H and O–H groups in total. The monoisotopic (exact) mass is 208 g/mol. The van der Waals surface area contributed by atoms with Gasteiger partial charge in [-0.2, -0.15) is 5.10 Å². The predicted octanol–water partition coefficient (Wildman–Crippen LogP) is 0.957. The molecule has 2 unspecified atom stereocenters. The fourth-order valence-electron chi connectivity index (χ4n) is 1.94. The first kappa shape index (κ1) is 10.4. The van der Waals surface area contributed by atoms with Crippen molar-refractivity contribution in [1.29, 1.82) is 0 Å².